The maximum Gasteiger partial charge on any atom is 0.308 e. The van der Waals surface area contributed by atoms with Gasteiger partial charge >= 0.3 is 11.9 Å². The van der Waals surface area contributed by atoms with Crippen LogP contribution in [-0.2, 0) is 28.7 Å². The second-order valence-corrected chi connectivity index (χ2v) is 8.82. The van der Waals surface area contributed by atoms with Crippen molar-refractivity contribution >= 4 is 68.3 Å². The highest BCUT2D eigenvalue weighted by molar-refractivity contribution is 6.49. The number of para-hydroxylation sites is 2. The first-order valence-electron chi connectivity index (χ1n) is 11.8. The number of amides is 2. The average molecular weight is 540 g/mol. The Morgan fingerprint density at radius 2 is 0.975 bits per heavy atom. The fourth-order valence-corrected chi connectivity index (χ4v) is 4.77. The molecule has 2 aromatic carbocycles. The summed E-state index contributed by atoms with van der Waals surface area (Å²) in [6.45, 7) is 2.02. The zero-order valence-corrected chi connectivity index (χ0v) is 21.0. The molecule has 5 rings (SSSR count). The number of H-pyrrole nitrogens is 2. The van der Waals surface area contributed by atoms with E-state index in [9.17, 15) is 28.8 Å². The zero-order valence-electron chi connectivity index (χ0n) is 21.0. The predicted octanol–water partition coefficient (Wildman–Crippen LogP) is 2.25. The summed E-state index contributed by atoms with van der Waals surface area (Å²) in [5.74, 6) is -7.53. The molecule has 4 aromatic rings. The first-order chi connectivity index (χ1) is 19.0. The van der Waals surface area contributed by atoms with Gasteiger partial charge < -0.3 is 30.9 Å². The summed E-state index contributed by atoms with van der Waals surface area (Å²) in [7, 11) is 0. The molecule has 1 aliphatic rings. The lowest BCUT2D eigenvalue weighted by atomic mass is 9.84. The number of Topliss-reactive ketones (excluding diaryl/α,β-unsaturated/α-hetero) is 2. The molecule has 12 heteroatoms. The summed E-state index contributed by atoms with van der Waals surface area (Å²) in [4.78, 5) is 83.3. The van der Waals surface area contributed by atoms with Gasteiger partial charge in [-0.15, -0.1) is 0 Å². The predicted molar refractivity (Wildman–Crippen MR) is 141 cm³/mol. The number of carbonyl (C=O) groups excluding carboxylic acids is 6. The van der Waals surface area contributed by atoms with Crippen LogP contribution in [0.25, 0.3) is 33.0 Å². The molecule has 0 radical (unpaired) electrons. The third kappa shape index (κ3) is 4.04. The number of ketones is 2. The van der Waals surface area contributed by atoms with Crippen LogP contribution in [-0.4, -0.2) is 45.3 Å². The Morgan fingerprint density at radius 3 is 1.30 bits per heavy atom. The first-order valence-corrected chi connectivity index (χ1v) is 11.8. The Hall–Kier alpha value is -5.78. The number of hydrogen-bond donors (Lipinski definition) is 4. The fourth-order valence-electron chi connectivity index (χ4n) is 4.77. The number of rotatable bonds is 6. The molecule has 0 saturated heterocycles. The second-order valence-electron chi connectivity index (χ2n) is 8.82. The molecule has 40 heavy (non-hydrogen) atoms. The molecule has 0 aliphatic heterocycles. The molecule has 0 atom stereocenters. The van der Waals surface area contributed by atoms with Crippen LogP contribution >= 0.6 is 0 Å². The van der Waals surface area contributed by atoms with Crippen molar-refractivity contribution in [3.63, 3.8) is 0 Å². The van der Waals surface area contributed by atoms with Crippen LogP contribution in [0.15, 0.2) is 60.0 Å². The van der Waals surface area contributed by atoms with Gasteiger partial charge in [0.1, 0.15) is 11.4 Å². The van der Waals surface area contributed by atoms with Crippen molar-refractivity contribution in [3.8, 4) is 0 Å². The van der Waals surface area contributed by atoms with Crippen LogP contribution in [0.5, 0.6) is 0 Å². The number of benzene rings is 2. The summed E-state index contributed by atoms with van der Waals surface area (Å²) in [5, 5.41) is 0.597. The second kappa shape index (κ2) is 9.51. The van der Waals surface area contributed by atoms with Crippen molar-refractivity contribution in [3.05, 3.63) is 82.6 Å². The minimum atomic E-state index is -1.07. The number of ether oxygens (including phenoxy) is 2. The number of esters is 2. The molecule has 0 unspecified atom stereocenters. The molecule has 0 bridgehead atoms. The lowest BCUT2D eigenvalue weighted by Crippen LogP contribution is -2.29. The van der Waals surface area contributed by atoms with Crippen LogP contribution in [0.3, 0.4) is 0 Å². The van der Waals surface area contributed by atoms with Gasteiger partial charge in [-0.05, 0) is 12.1 Å². The van der Waals surface area contributed by atoms with E-state index in [1.165, 1.54) is 0 Å². The van der Waals surface area contributed by atoms with E-state index < -0.39 is 58.0 Å². The molecule has 12 nitrogen and oxygen atoms in total. The Bertz CT molecular complexity index is 1770. The monoisotopic (exact) mass is 540 g/mol. The number of nitrogens with two attached hydrogens (primary N) is 2. The molecule has 2 amide bonds. The molecule has 0 spiro atoms. The molecule has 6 N–H and O–H groups in total. The lowest BCUT2D eigenvalue weighted by Gasteiger charge is -2.23. The molecule has 2 aromatic heterocycles. The van der Waals surface area contributed by atoms with E-state index >= 15 is 0 Å². The molecule has 200 valence electrons. The van der Waals surface area contributed by atoms with Crippen molar-refractivity contribution in [2.24, 2.45) is 11.5 Å². The number of fused-ring (bicyclic) bond motifs is 2. The number of nitrogens with one attached hydrogen (secondary N) is 2. The topological polar surface area (TPSA) is 204 Å². The van der Waals surface area contributed by atoms with Crippen molar-refractivity contribution in [1.82, 2.24) is 9.97 Å². The van der Waals surface area contributed by atoms with Crippen LogP contribution in [0.2, 0.25) is 0 Å². The summed E-state index contributed by atoms with van der Waals surface area (Å²) in [5.41, 5.74) is 10.1. The Morgan fingerprint density at radius 1 is 0.625 bits per heavy atom. The zero-order chi connectivity index (χ0) is 28.9. The van der Waals surface area contributed by atoms with Gasteiger partial charge in [0.25, 0.3) is 11.8 Å². The maximum atomic E-state index is 14.2. The quantitative estimate of drug-likeness (QED) is 0.210. The third-order valence-electron chi connectivity index (χ3n) is 6.22. The number of aromatic amines is 2. The normalized spacial score (nSPS) is 13.8. The standard InChI is InChI=1S/C28H20N4O8/c1-11(33)39-25-19(17-13-7-3-5-9-15(13)31-21(17)27(29)37)24(36)26(40-12(2)34)20(23(25)35)18-14-8-4-6-10-16(14)32-22(18)28(30)38/h3-10,31-32H,1-2H3,(H2,29,37)(H2,30,38). The SMILES string of the molecule is CC(=O)OC1=C(c2c(C(N)=O)[nH]c3ccccc23)C(=O)C(OC(C)=O)=C(c2c(C(N)=O)[nH]c3ccccc23)C1=O. The first kappa shape index (κ1) is 25.9. The van der Waals surface area contributed by atoms with Gasteiger partial charge in [-0.1, -0.05) is 36.4 Å². The van der Waals surface area contributed by atoms with Gasteiger partial charge in [0.2, 0.25) is 11.6 Å². The van der Waals surface area contributed by atoms with Gasteiger partial charge in [-0.2, -0.15) is 0 Å². The summed E-state index contributed by atoms with van der Waals surface area (Å²) < 4.78 is 10.6. The maximum absolute atomic E-state index is 14.2. The number of primary amides is 2. The highest BCUT2D eigenvalue weighted by atomic mass is 16.5. The van der Waals surface area contributed by atoms with Crippen LogP contribution in [0, 0.1) is 0 Å². The van der Waals surface area contributed by atoms with E-state index in [2.05, 4.69) is 9.97 Å². The van der Waals surface area contributed by atoms with E-state index in [1.807, 2.05) is 0 Å². The minimum absolute atomic E-state index is 0.129. The van der Waals surface area contributed by atoms with Crippen LogP contribution in [0.1, 0.15) is 46.0 Å². The molecule has 0 fully saturated rings. The number of carbonyl (C=O) groups is 6. The number of hydrogen-bond acceptors (Lipinski definition) is 8. The van der Waals surface area contributed by atoms with E-state index in [1.54, 1.807) is 48.5 Å². The van der Waals surface area contributed by atoms with Gasteiger partial charge in [0, 0.05) is 46.8 Å². The van der Waals surface area contributed by atoms with Gasteiger partial charge in [-0.3, -0.25) is 28.8 Å². The molecule has 0 saturated carbocycles. The van der Waals surface area contributed by atoms with E-state index in [4.69, 9.17) is 20.9 Å². The summed E-state index contributed by atoms with van der Waals surface area (Å²) in [6, 6.07) is 12.9. The lowest BCUT2D eigenvalue weighted by molar-refractivity contribution is -0.141. The summed E-state index contributed by atoms with van der Waals surface area (Å²) in [6.07, 6.45) is 0. The summed E-state index contributed by atoms with van der Waals surface area (Å²) >= 11 is 0. The van der Waals surface area contributed by atoms with Crippen molar-refractivity contribution in [2.45, 2.75) is 13.8 Å². The van der Waals surface area contributed by atoms with Gasteiger partial charge in [0.05, 0.1) is 11.1 Å². The van der Waals surface area contributed by atoms with Crippen LogP contribution in [0.4, 0.5) is 0 Å². The average Bonchev–Trinajstić information content (AvgIpc) is 3.46. The molecule has 2 heterocycles. The van der Waals surface area contributed by atoms with Crippen LogP contribution < -0.4 is 11.5 Å². The van der Waals surface area contributed by atoms with Gasteiger partial charge in [0.15, 0.2) is 11.5 Å². The molecule has 1 aliphatic carbocycles. The van der Waals surface area contributed by atoms with E-state index in [0.29, 0.717) is 21.8 Å². The Balaban J connectivity index is 1.91. The van der Waals surface area contributed by atoms with E-state index in [-0.39, 0.29) is 22.5 Å². The largest absolute Gasteiger partial charge is 0.422 e. The van der Waals surface area contributed by atoms with Crippen molar-refractivity contribution in [2.75, 3.05) is 0 Å². The molecular weight excluding hydrogens is 520 g/mol. The van der Waals surface area contributed by atoms with Gasteiger partial charge in [-0.25, -0.2) is 0 Å². The number of aromatic nitrogens is 2. The Labute approximate surface area is 224 Å². The van der Waals surface area contributed by atoms with E-state index in [0.717, 1.165) is 13.8 Å². The minimum Gasteiger partial charge on any atom is -0.422 e. The highest BCUT2D eigenvalue weighted by Crippen LogP contribution is 2.43. The van der Waals surface area contributed by atoms with Crippen molar-refractivity contribution in [1.29, 1.82) is 0 Å². The fraction of sp³-hybridized carbons (Fsp3) is 0.0714. The smallest absolute Gasteiger partial charge is 0.308 e. The number of allylic oxidation sites excluding steroid dienone is 2. The highest BCUT2D eigenvalue weighted by Gasteiger charge is 2.44. The third-order valence-corrected chi connectivity index (χ3v) is 6.22. The van der Waals surface area contributed by atoms with Crippen molar-refractivity contribution < 1.29 is 38.2 Å². The molecular formula is C28H20N4O8. The Kier molecular flexibility index (Phi) is 6.15.